The van der Waals surface area contributed by atoms with E-state index in [4.69, 9.17) is 4.74 Å². The van der Waals surface area contributed by atoms with Gasteiger partial charge in [0.05, 0.1) is 13.0 Å². The summed E-state index contributed by atoms with van der Waals surface area (Å²) in [6.45, 7) is 6.01. The number of hydrogen-bond donors (Lipinski definition) is 0. The van der Waals surface area contributed by atoms with Crippen LogP contribution in [0.2, 0.25) is 0 Å². The average Bonchev–Trinajstić information content (AvgIpc) is 3.09. The maximum atomic E-state index is 12.3. The summed E-state index contributed by atoms with van der Waals surface area (Å²) >= 11 is 1.65. The molecule has 3 rings (SSSR count). The molecule has 2 heterocycles. The van der Waals surface area contributed by atoms with Crippen LogP contribution < -0.4 is 9.64 Å². The van der Waals surface area contributed by atoms with Crippen molar-refractivity contribution in [2.75, 3.05) is 37.7 Å². The van der Waals surface area contributed by atoms with Gasteiger partial charge in [0.15, 0.2) is 0 Å². The maximum absolute atomic E-state index is 12.3. The Kier molecular flexibility index (Phi) is 5.18. The Balaban J connectivity index is 1.52. The highest BCUT2D eigenvalue weighted by Gasteiger charge is 2.21. The minimum absolute atomic E-state index is 0.235. The van der Waals surface area contributed by atoms with E-state index < -0.39 is 0 Å². The zero-order valence-corrected chi connectivity index (χ0v) is 14.2. The van der Waals surface area contributed by atoms with Crippen LogP contribution in [0.15, 0.2) is 41.8 Å². The largest absolute Gasteiger partial charge is 0.494 e. The molecule has 1 aromatic carbocycles. The van der Waals surface area contributed by atoms with Crippen molar-refractivity contribution >= 4 is 22.9 Å². The first-order chi connectivity index (χ1) is 11.3. The molecule has 0 N–H and O–H groups in total. The predicted molar refractivity (Wildman–Crippen MR) is 94.4 cm³/mol. The lowest BCUT2D eigenvalue weighted by molar-refractivity contribution is -0.130. The van der Waals surface area contributed by atoms with Gasteiger partial charge >= 0.3 is 0 Å². The molecule has 0 saturated carbocycles. The Bertz CT molecular complexity index is 617. The number of amides is 1. The van der Waals surface area contributed by atoms with Gasteiger partial charge in [0.1, 0.15) is 5.75 Å². The lowest BCUT2D eigenvalue weighted by atomic mass is 10.2. The SMILES string of the molecule is CCOc1ccc(N2CCN(C(=O)Cc3cccs3)CC2)cc1. The Morgan fingerprint density at radius 1 is 1.13 bits per heavy atom. The average molecular weight is 330 g/mol. The molecule has 5 heteroatoms. The molecule has 0 spiro atoms. The highest BCUT2D eigenvalue weighted by atomic mass is 32.1. The number of thiophene rings is 1. The van der Waals surface area contributed by atoms with Crippen LogP contribution in [0.25, 0.3) is 0 Å². The van der Waals surface area contributed by atoms with Crippen molar-refractivity contribution in [3.8, 4) is 5.75 Å². The van der Waals surface area contributed by atoms with Crippen LogP contribution in [0.1, 0.15) is 11.8 Å². The van der Waals surface area contributed by atoms with Gasteiger partial charge in [-0.15, -0.1) is 11.3 Å². The fourth-order valence-corrected chi connectivity index (χ4v) is 3.50. The highest BCUT2D eigenvalue weighted by Crippen LogP contribution is 2.21. The van der Waals surface area contributed by atoms with Gasteiger partial charge in [0.2, 0.25) is 5.91 Å². The van der Waals surface area contributed by atoms with Gasteiger partial charge in [-0.1, -0.05) is 6.07 Å². The molecular weight excluding hydrogens is 308 g/mol. The first kappa shape index (κ1) is 15.9. The molecule has 2 aromatic rings. The fraction of sp³-hybridized carbons (Fsp3) is 0.389. The lowest BCUT2D eigenvalue weighted by Gasteiger charge is -2.36. The van der Waals surface area contributed by atoms with Gasteiger partial charge < -0.3 is 14.5 Å². The third-order valence-corrected chi connectivity index (χ3v) is 4.93. The summed E-state index contributed by atoms with van der Waals surface area (Å²) in [5.74, 6) is 1.14. The van der Waals surface area contributed by atoms with Crippen molar-refractivity contribution in [2.24, 2.45) is 0 Å². The molecular formula is C18H22N2O2S. The number of anilines is 1. The quantitative estimate of drug-likeness (QED) is 0.845. The van der Waals surface area contributed by atoms with E-state index in [2.05, 4.69) is 17.0 Å². The monoisotopic (exact) mass is 330 g/mol. The first-order valence-corrected chi connectivity index (χ1v) is 8.92. The van der Waals surface area contributed by atoms with Crippen molar-refractivity contribution in [1.29, 1.82) is 0 Å². The number of carbonyl (C=O) groups excluding carboxylic acids is 1. The molecule has 1 fully saturated rings. The van der Waals surface area contributed by atoms with Gasteiger partial charge in [-0.05, 0) is 42.6 Å². The molecule has 0 bridgehead atoms. The highest BCUT2D eigenvalue weighted by molar-refractivity contribution is 7.10. The van der Waals surface area contributed by atoms with Crippen LogP contribution in [0.4, 0.5) is 5.69 Å². The van der Waals surface area contributed by atoms with Crippen LogP contribution >= 0.6 is 11.3 Å². The minimum Gasteiger partial charge on any atom is -0.494 e. The van der Waals surface area contributed by atoms with Crippen LogP contribution in [0.5, 0.6) is 5.75 Å². The van der Waals surface area contributed by atoms with Crippen LogP contribution in [0, 0.1) is 0 Å². The predicted octanol–water partition coefficient (Wildman–Crippen LogP) is 3.04. The standard InChI is InChI=1S/C18H22N2O2S/c1-2-22-16-7-5-15(6-8-16)19-9-11-20(12-10-19)18(21)14-17-4-3-13-23-17/h3-8,13H,2,9-12,14H2,1H3. The second-order valence-electron chi connectivity index (χ2n) is 5.55. The van der Waals surface area contributed by atoms with Crippen molar-refractivity contribution in [3.05, 3.63) is 46.7 Å². The van der Waals surface area contributed by atoms with E-state index >= 15 is 0 Å². The van der Waals surface area contributed by atoms with Gasteiger partial charge in [-0.3, -0.25) is 4.79 Å². The van der Waals surface area contributed by atoms with Crippen molar-refractivity contribution < 1.29 is 9.53 Å². The van der Waals surface area contributed by atoms with Crippen LogP contribution in [-0.2, 0) is 11.2 Å². The summed E-state index contributed by atoms with van der Waals surface area (Å²) in [6.07, 6.45) is 0.528. The Morgan fingerprint density at radius 3 is 2.48 bits per heavy atom. The molecule has 0 atom stereocenters. The smallest absolute Gasteiger partial charge is 0.227 e. The van der Waals surface area contributed by atoms with Crippen LogP contribution in [-0.4, -0.2) is 43.6 Å². The van der Waals surface area contributed by atoms with E-state index in [1.54, 1.807) is 11.3 Å². The van der Waals surface area contributed by atoms with Crippen molar-refractivity contribution in [1.82, 2.24) is 4.90 Å². The lowest BCUT2D eigenvalue weighted by Crippen LogP contribution is -2.49. The number of nitrogens with zero attached hydrogens (tertiary/aromatic N) is 2. The first-order valence-electron chi connectivity index (χ1n) is 8.04. The molecule has 0 aliphatic carbocycles. The Labute approximate surface area is 141 Å². The Morgan fingerprint density at radius 2 is 1.87 bits per heavy atom. The van der Waals surface area contributed by atoms with E-state index in [9.17, 15) is 4.79 Å². The Hall–Kier alpha value is -2.01. The number of benzene rings is 1. The number of rotatable bonds is 5. The molecule has 1 aliphatic heterocycles. The fourth-order valence-electron chi connectivity index (χ4n) is 2.81. The molecule has 1 aliphatic rings. The van der Waals surface area contributed by atoms with Crippen molar-refractivity contribution in [2.45, 2.75) is 13.3 Å². The number of piperazine rings is 1. The topological polar surface area (TPSA) is 32.8 Å². The molecule has 122 valence electrons. The van der Waals surface area contributed by atoms with E-state index in [0.717, 1.165) is 36.8 Å². The van der Waals surface area contributed by atoms with E-state index in [1.807, 2.05) is 41.5 Å². The van der Waals surface area contributed by atoms with Crippen LogP contribution in [0.3, 0.4) is 0 Å². The van der Waals surface area contributed by atoms with E-state index in [1.165, 1.54) is 5.69 Å². The third kappa shape index (κ3) is 4.05. The van der Waals surface area contributed by atoms with Gasteiger partial charge in [0, 0.05) is 36.7 Å². The molecule has 1 saturated heterocycles. The summed E-state index contributed by atoms with van der Waals surface area (Å²) in [5.41, 5.74) is 1.19. The van der Waals surface area contributed by atoms with Crippen molar-refractivity contribution in [3.63, 3.8) is 0 Å². The molecule has 4 nitrogen and oxygen atoms in total. The number of ether oxygens (including phenoxy) is 1. The zero-order valence-electron chi connectivity index (χ0n) is 13.4. The molecule has 0 radical (unpaired) electrons. The summed E-state index contributed by atoms with van der Waals surface area (Å²) in [7, 11) is 0. The molecule has 1 amide bonds. The zero-order chi connectivity index (χ0) is 16.1. The van der Waals surface area contributed by atoms with Gasteiger partial charge in [-0.25, -0.2) is 0 Å². The molecule has 23 heavy (non-hydrogen) atoms. The molecule has 0 unspecified atom stereocenters. The number of hydrogen-bond acceptors (Lipinski definition) is 4. The second-order valence-corrected chi connectivity index (χ2v) is 6.58. The minimum atomic E-state index is 0.235. The van der Waals surface area contributed by atoms with E-state index in [-0.39, 0.29) is 5.91 Å². The summed E-state index contributed by atoms with van der Waals surface area (Å²) in [4.78, 5) is 17.8. The molecule has 1 aromatic heterocycles. The normalized spacial score (nSPS) is 14.8. The van der Waals surface area contributed by atoms with E-state index in [0.29, 0.717) is 13.0 Å². The third-order valence-electron chi connectivity index (χ3n) is 4.05. The maximum Gasteiger partial charge on any atom is 0.227 e. The summed E-state index contributed by atoms with van der Waals surface area (Å²) in [5, 5.41) is 2.02. The van der Waals surface area contributed by atoms with Gasteiger partial charge in [-0.2, -0.15) is 0 Å². The summed E-state index contributed by atoms with van der Waals surface area (Å²) < 4.78 is 5.48. The summed E-state index contributed by atoms with van der Waals surface area (Å²) in [6, 6.07) is 12.2. The number of carbonyl (C=O) groups is 1. The second kappa shape index (κ2) is 7.51. The van der Waals surface area contributed by atoms with Gasteiger partial charge in [0.25, 0.3) is 0 Å².